The number of aryl methyl sites for hydroxylation is 2. The van der Waals surface area contributed by atoms with Gasteiger partial charge < -0.3 is 13.8 Å². The predicted molar refractivity (Wildman–Crippen MR) is 146 cm³/mol. The molecule has 0 N–H and O–H groups in total. The van der Waals surface area contributed by atoms with Crippen molar-refractivity contribution < 1.29 is 14.1 Å². The molecule has 1 unspecified atom stereocenters. The number of ether oxygens (including phenoxy) is 1. The van der Waals surface area contributed by atoms with Crippen LogP contribution in [0.4, 0.5) is 0 Å². The summed E-state index contributed by atoms with van der Waals surface area (Å²) >= 11 is 0. The zero-order valence-electron chi connectivity index (χ0n) is 21.8. The van der Waals surface area contributed by atoms with Gasteiger partial charge in [0.2, 0.25) is 0 Å². The normalized spacial score (nSPS) is 14.4. The molecule has 1 aliphatic rings. The fraction of sp³-hybridized carbons (Fsp3) is 0.290. The Kier molecular flexibility index (Phi) is 6.27. The lowest BCUT2D eigenvalue weighted by molar-refractivity contribution is -0.139. The monoisotopic (exact) mass is 506 g/mol. The maximum absolute atomic E-state index is 11.7. The van der Waals surface area contributed by atoms with E-state index in [-0.39, 0.29) is 18.4 Å². The first-order valence-corrected chi connectivity index (χ1v) is 13.0. The second-order valence-electron chi connectivity index (χ2n) is 10.1. The molecule has 1 fully saturated rings. The number of hydrogen-bond donors (Lipinski definition) is 0. The van der Waals surface area contributed by atoms with Gasteiger partial charge >= 0.3 is 5.97 Å². The lowest BCUT2D eigenvalue weighted by atomic mass is 9.78. The molecule has 0 radical (unpaired) electrons. The number of rotatable bonds is 7. The van der Waals surface area contributed by atoms with Gasteiger partial charge in [-0.3, -0.25) is 14.8 Å². The van der Waals surface area contributed by atoms with Crippen molar-refractivity contribution in [2.24, 2.45) is 5.92 Å². The minimum atomic E-state index is -0.249. The van der Waals surface area contributed by atoms with Gasteiger partial charge in [0.15, 0.2) is 0 Å². The fourth-order valence-corrected chi connectivity index (χ4v) is 5.56. The number of carbonyl (C=O) groups excluding carboxylic acids is 1. The minimum Gasteiger partial charge on any atom is -0.469 e. The first-order chi connectivity index (χ1) is 18.5. The SMILES string of the molecule is COC(=O)Cc1ccc(-c2cn(C(c3ccccn3)C3CCC3)c3cc(-c4c(C)noc4C)cnc23)cc1. The summed E-state index contributed by atoms with van der Waals surface area (Å²) in [6.07, 6.45) is 9.85. The maximum Gasteiger partial charge on any atom is 0.309 e. The molecular formula is C31H30N4O3. The van der Waals surface area contributed by atoms with Crippen molar-refractivity contribution in [1.82, 2.24) is 19.7 Å². The van der Waals surface area contributed by atoms with Crippen LogP contribution in [-0.2, 0) is 16.0 Å². The molecular weight excluding hydrogens is 476 g/mol. The molecule has 6 rings (SSSR count). The van der Waals surface area contributed by atoms with Crippen LogP contribution in [-0.4, -0.2) is 32.8 Å². The summed E-state index contributed by atoms with van der Waals surface area (Å²) in [6, 6.07) is 16.6. The molecule has 7 heteroatoms. The summed E-state index contributed by atoms with van der Waals surface area (Å²) in [6.45, 7) is 3.90. The number of methoxy groups -OCH3 is 1. The van der Waals surface area contributed by atoms with Crippen LogP contribution >= 0.6 is 0 Å². The van der Waals surface area contributed by atoms with E-state index in [0.29, 0.717) is 5.92 Å². The van der Waals surface area contributed by atoms with E-state index in [1.54, 1.807) is 0 Å². The third kappa shape index (κ3) is 4.28. The second kappa shape index (κ2) is 9.89. The van der Waals surface area contributed by atoms with E-state index < -0.39 is 0 Å². The first kappa shape index (κ1) is 24.1. The molecule has 1 aliphatic carbocycles. The van der Waals surface area contributed by atoms with Crippen molar-refractivity contribution in [2.45, 2.75) is 45.6 Å². The van der Waals surface area contributed by atoms with Crippen molar-refractivity contribution in [2.75, 3.05) is 7.11 Å². The quantitative estimate of drug-likeness (QED) is 0.235. The smallest absolute Gasteiger partial charge is 0.309 e. The number of carbonyl (C=O) groups is 1. The molecule has 1 aromatic carbocycles. The third-order valence-corrected chi connectivity index (χ3v) is 7.72. The molecule has 0 saturated heterocycles. The standard InChI is InChI=1S/C31H30N4O3/c1-19-29(20(2)38-34-19)24-16-27-30(33-17-24)25(22-12-10-21(11-13-22)15-28(36)37-3)18-35(27)31(23-7-6-8-23)26-9-4-5-14-32-26/h4-5,9-14,16-18,23,31H,6-8,15H2,1-3H3. The number of hydrogen-bond acceptors (Lipinski definition) is 6. The number of esters is 1. The zero-order chi connectivity index (χ0) is 26.2. The summed E-state index contributed by atoms with van der Waals surface area (Å²) in [5.74, 6) is 1.04. The topological polar surface area (TPSA) is 83.0 Å². The van der Waals surface area contributed by atoms with Crippen molar-refractivity contribution in [1.29, 1.82) is 0 Å². The fourth-order valence-electron chi connectivity index (χ4n) is 5.56. The number of benzene rings is 1. The lowest BCUT2D eigenvalue weighted by Crippen LogP contribution is -2.26. The Labute approximate surface area is 221 Å². The van der Waals surface area contributed by atoms with Gasteiger partial charge in [0.1, 0.15) is 5.76 Å². The van der Waals surface area contributed by atoms with Crippen molar-refractivity contribution >= 4 is 17.0 Å². The highest BCUT2D eigenvalue weighted by atomic mass is 16.5. The summed E-state index contributed by atoms with van der Waals surface area (Å²) < 4.78 is 12.7. The van der Waals surface area contributed by atoms with E-state index in [1.807, 2.05) is 44.4 Å². The van der Waals surface area contributed by atoms with E-state index in [0.717, 1.165) is 56.0 Å². The number of fused-ring (bicyclic) bond motifs is 1. The highest BCUT2D eigenvalue weighted by molar-refractivity contribution is 5.95. The van der Waals surface area contributed by atoms with Crippen LogP contribution in [0.2, 0.25) is 0 Å². The molecule has 0 bridgehead atoms. The molecule has 0 amide bonds. The van der Waals surface area contributed by atoms with Gasteiger partial charge in [-0.2, -0.15) is 0 Å². The first-order valence-electron chi connectivity index (χ1n) is 13.0. The van der Waals surface area contributed by atoms with Crippen LogP contribution in [0.25, 0.3) is 33.3 Å². The van der Waals surface area contributed by atoms with Crippen LogP contribution in [0.5, 0.6) is 0 Å². The van der Waals surface area contributed by atoms with E-state index in [9.17, 15) is 4.79 Å². The van der Waals surface area contributed by atoms with Gasteiger partial charge in [0, 0.05) is 35.3 Å². The Balaban J connectivity index is 1.53. The van der Waals surface area contributed by atoms with Crippen LogP contribution < -0.4 is 0 Å². The number of nitrogens with zero attached hydrogens (tertiary/aromatic N) is 4. The summed E-state index contributed by atoms with van der Waals surface area (Å²) in [7, 11) is 1.41. The number of aromatic nitrogens is 4. The predicted octanol–water partition coefficient (Wildman–Crippen LogP) is 6.48. The van der Waals surface area contributed by atoms with Gasteiger partial charge in [-0.05, 0) is 61.9 Å². The van der Waals surface area contributed by atoms with Crippen molar-refractivity contribution in [3.05, 3.63) is 89.8 Å². The Morgan fingerprint density at radius 3 is 2.55 bits per heavy atom. The van der Waals surface area contributed by atoms with E-state index in [1.165, 1.54) is 26.4 Å². The second-order valence-corrected chi connectivity index (χ2v) is 10.1. The molecule has 1 saturated carbocycles. The Bertz CT molecular complexity index is 1580. The number of pyridine rings is 2. The molecule has 0 spiro atoms. The highest BCUT2D eigenvalue weighted by Crippen LogP contribution is 2.43. The molecule has 38 heavy (non-hydrogen) atoms. The molecule has 0 aliphatic heterocycles. The van der Waals surface area contributed by atoms with Gasteiger partial charge in [0.25, 0.3) is 0 Å². The largest absolute Gasteiger partial charge is 0.469 e. The molecule has 1 atom stereocenters. The molecule has 4 heterocycles. The molecule has 5 aromatic rings. The summed E-state index contributed by atoms with van der Waals surface area (Å²) in [5, 5.41) is 4.16. The Morgan fingerprint density at radius 2 is 1.92 bits per heavy atom. The molecule has 7 nitrogen and oxygen atoms in total. The highest BCUT2D eigenvalue weighted by Gasteiger charge is 2.32. The van der Waals surface area contributed by atoms with E-state index in [2.05, 4.69) is 46.3 Å². The van der Waals surface area contributed by atoms with E-state index >= 15 is 0 Å². The van der Waals surface area contributed by atoms with Crippen molar-refractivity contribution in [3.8, 4) is 22.3 Å². The Hall–Kier alpha value is -4.26. The lowest BCUT2D eigenvalue weighted by Gasteiger charge is -2.35. The van der Waals surface area contributed by atoms with Crippen LogP contribution in [0, 0.1) is 19.8 Å². The summed E-state index contributed by atoms with van der Waals surface area (Å²) in [5.41, 5.74) is 8.89. The Morgan fingerprint density at radius 1 is 1.11 bits per heavy atom. The summed E-state index contributed by atoms with van der Waals surface area (Å²) in [4.78, 5) is 21.5. The average Bonchev–Trinajstić information content (AvgIpc) is 3.45. The maximum atomic E-state index is 11.7. The van der Waals surface area contributed by atoms with Crippen LogP contribution in [0.15, 0.2) is 71.6 Å². The zero-order valence-corrected chi connectivity index (χ0v) is 21.8. The van der Waals surface area contributed by atoms with E-state index in [4.69, 9.17) is 19.2 Å². The minimum absolute atomic E-state index is 0.113. The van der Waals surface area contributed by atoms with Crippen molar-refractivity contribution in [3.63, 3.8) is 0 Å². The third-order valence-electron chi connectivity index (χ3n) is 7.72. The van der Waals surface area contributed by atoms with Gasteiger partial charge in [-0.1, -0.05) is 41.9 Å². The van der Waals surface area contributed by atoms with Gasteiger partial charge in [-0.15, -0.1) is 0 Å². The van der Waals surface area contributed by atoms with Crippen LogP contribution in [0.1, 0.15) is 48.0 Å². The van der Waals surface area contributed by atoms with Gasteiger partial charge in [-0.25, -0.2) is 0 Å². The average molecular weight is 507 g/mol. The van der Waals surface area contributed by atoms with Gasteiger partial charge in [0.05, 0.1) is 42.0 Å². The molecule has 4 aromatic heterocycles. The molecule has 192 valence electrons. The van der Waals surface area contributed by atoms with Crippen LogP contribution in [0.3, 0.4) is 0 Å².